The van der Waals surface area contributed by atoms with Gasteiger partial charge in [-0.1, -0.05) is 23.7 Å². The Hall–Kier alpha value is -0.970. The second kappa shape index (κ2) is 8.22. The molecule has 122 valence electrons. The van der Waals surface area contributed by atoms with Crippen LogP contribution in [0.4, 0.5) is 0 Å². The number of aryl methyl sites for hydroxylation is 2. The van der Waals surface area contributed by atoms with Crippen LogP contribution < -0.4 is 5.32 Å². The van der Waals surface area contributed by atoms with Crippen LogP contribution in [-0.2, 0) is 18.6 Å². The van der Waals surface area contributed by atoms with Gasteiger partial charge in [0.15, 0.2) is 0 Å². The molecule has 1 heterocycles. The number of fused-ring (bicyclic) bond motifs is 1. The third-order valence-electron chi connectivity index (χ3n) is 3.93. The number of benzene rings is 1. The van der Waals surface area contributed by atoms with E-state index >= 15 is 0 Å². The van der Waals surface area contributed by atoms with Crippen molar-refractivity contribution in [1.82, 2.24) is 5.32 Å². The van der Waals surface area contributed by atoms with Crippen molar-refractivity contribution in [3.63, 3.8) is 0 Å². The maximum Gasteiger partial charge on any atom is 0.261 e. The second-order valence-corrected chi connectivity index (χ2v) is 8.38. The monoisotopic (exact) mass is 365 g/mol. The van der Waals surface area contributed by atoms with E-state index < -0.39 is 0 Å². The van der Waals surface area contributed by atoms with Crippen molar-refractivity contribution < 1.29 is 4.79 Å². The van der Waals surface area contributed by atoms with Crippen LogP contribution >= 0.6 is 34.7 Å². The molecule has 1 N–H and O–H groups in total. The summed E-state index contributed by atoms with van der Waals surface area (Å²) in [5.41, 5.74) is 2.65. The van der Waals surface area contributed by atoms with Gasteiger partial charge in [0.2, 0.25) is 0 Å². The number of rotatable bonds is 6. The van der Waals surface area contributed by atoms with Gasteiger partial charge in [-0.3, -0.25) is 4.79 Å². The maximum atomic E-state index is 12.2. The average molecular weight is 366 g/mol. The fourth-order valence-electron chi connectivity index (χ4n) is 2.70. The number of amides is 1. The topological polar surface area (TPSA) is 29.1 Å². The first-order valence-electron chi connectivity index (χ1n) is 7.94. The second-order valence-electron chi connectivity index (χ2n) is 5.70. The fraction of sp³-hybridized carbons (Fsp3) is 0.389. The minimum Gasteiger partial charge on any atom is -0.351 e. The number of thioether (sulfide) groups is 1. The van der Waals surface area contributed by atoms with Crippen molar-refractivity contribution in [2.45, 2.75) is 31.4 Å². The number of carbonyl (C=O) groups excluding carboxylic acids is 1. The molecule has 0 fully saturated rings. The molecular formula is C18H20ClNOS2. The number of hydrogen-bond acceptors (Lipinski definition) is 3. The summed E-state index contributed by atoms with van der Waals surface area (Å²) in [4.78, 5) is 14.5. The van der Waals surface area contributed by atoms with Gasteiger partial charge in [0, 0.05) is 28.0 Å². The van der Waals surface area contributed by atoms with Gasteiger partial charge in [-0.05, 0) is 55.0 Å². The Morgan fingerprint density at radius 2 is 2.00 bits per heavy atom. The van der Waals surface area contributed by atoms with Gasteiger partial charge in [-0.2, -0.15) is 11.8 Å². The molecule has 0 aliphatic heterocycles. The Bertz CT molecular complexity index is 643. The number of carbonyl (C=O) groups is 1. The van der Waals surface area contributed by atoms with Gasteiger partial charge in [-0.15, -0.1) is 11.3 Å². The first-order chi connectivity index (χ1) is 11.2. The zero-order valence-electron chi connectivity index (χ0n) is 12.9. The predicted molar refractivity (Wildman–Crippen MR) is 101 cm³/mol. The van der Waals surface area contributed by atoms with Crippen molar-refractivity contribution in [1.29, 1.82) is 0 Å². The molecule has 1 aromatic carbocycles. The molecule has 0 bridgehead atoms. The summed E-state index contributed by atoms with van der Waals surface area (Å²) in [6.07, 6.45) is 4.79. The van der Waals surface area contributed by atoms with Crippen molar-refractivity contribution in [2.75, 3.05) is 12.3 Å². The largest absolute Gasteiger partial charge is 0.351 e. The highest BCUT2D eigenvalue weighted by Gasteiger charge is 2.16. The highest BCUT2D eigenvalue weighted by Crippen LogP contribution is 2.29. The molecule has 1 aromatic heterocycles. The number of thiophene rings is 1. The first-order valence-corrected chi connectivity index (χ1v) is 10.3. The van der Waals surface area contributed by atoms with Crippen LogP contribution in [0.2, 0.25) is 5.02 Å². The highest BCUT2D eigenvalue weighted by molar-refractivity contribution is 7.98. The molecule has 1 aliphatic rings. The molecule has 23 heavy (non-hydrogen) atoms. The minimum atomic E-state index is 0.0801. The Balaban J connectivity index is 1.39. The lowest BCUT2D eigenvalue weighted by molar-refractivity contribution is 0.0960. The van der Waals surface area contributed by atoms with Crippen LogP contribution in [0.1, 0.15) is 38.5 Å². The lowest BCUT2D eigenvalue weighted by atomic mass is 9.99. The molecule has 1 aliphatic carbocycles. The molecule has 0 unspecified atom stereocenters. The summed E-state index contributed by atoms with van der Waals surface area (Å²) >= 11 is 9.37. The molecule has 0 radical (unpaired) electrons. The van der Waals surface area contributed by atoms with Gasteiger partial charge in [0.05, 0.1) is 4.88 Å². The summed E-state index contributed by atoms with van der Waals surface area (Å²) in [6.45, 7) is 0.708. The summed E-state index contributed by atoms with van der Waals surface area (Å²) in [5.74, 6) is 1.94. The number of hydrogen-bond donors (Lipinski definition) is 1. The van der Waals surface area contributed by atoms with Crippen LogP contribution in [0.3, 0.4) is 0 Å². The normalized spacial score (nSPS) is 13.6. The van der Waals surface area contributed by atoms with Gasteiger partial charge in [-0.25, -0.2) is 0 Å². The van der Waals surface area contributed by atoms with Crippen LogP contribution in [-0.4, -0.2) is 18.2 Å². The molecule has 0 saturated heterocycles. The van der Waals surface area contributed by atoms with E-state index in [-0.39, 0.29) is 5.91 Å². The van der Waals surface area contributed by atoms with Crippen molar-refractivity contribution in [3.05, 3.63) is 56.2 Å². The Morgan fingerprint density at radius 3 is 2.78 bits per heavy atom. The molecule has 5 heteroatoms. The van der Waals surface area contributed by atoms with E-state index in [2.05, 4.69) is 11.4 Å². The number of nitrogens with one attached hydrogen (secondary N) is 1. The minimum absolute atomic E-state index is 0.0801. The average Bonchev–Trinajstić information content (AvgIpc) is 3.00. The van der Waals surface area contributed by atoms with Crippen LogP contribution in [0, 0.1) is 0 Å². The van der Waals surface area contributed by atoms with Crippen molar-refractivity contribution >= 4 is 40.6 Å². The molecular weight excluding hydrogens is 346 g/mol. The van der Waals surface area contributed by atoms with Crippen LogP contribution in [0.5, 0.6) is 0 Å². The molecule has 0 saturated carbocycles. The predicted octanol–water partition coefficient (Wildman–Crippen LogP) is 4.94. The lowest BCUT2D eigenvalue weighted by Gasteiger charge is -2.08. The van der Waals surface area contributed by atoms with Crippen molar-refractivity contribution in [2.24, 2.45) is 0 Å². The van der Waals surface area contributed by atoms with E-state index in [9.17, 15) is 4.79 Å². The smallest absolute Gasteiger partial charge is 0.261 e. The van der Waals surface area contributed by atoms with Gasteiger partial charge >= 0.3 is 0 Å². The third-order valence-corrected chi connectivity index (χ3v) is 6.45. The lowest BCUT2D eigenvalue weighted by Crippen LogP contribution is -2.24. The number of halogens is 1. The maximum absolute atomic E-state index is 12.2. The standard InChI is InChI=1S/C18H20ClNOS2/c19-15-7-5-13(6-8-15)12-22-10-9-20-18(21)17-11-14-3-1-2-4-16(14)23-17/h5-8,11H,1-4,9-10,12H2,(H,20,21). The highest BCUT2D eigenvalue weighted by atomic mass is 35.5. The third kappa shape index (κ3) is 4.75. The SMILES string of the molecule is O=C(NCCSCc1ccc(Cl)cc1)c1cc2c(s1)CCCC2. The van der Waals surface area contributed by atoms with Crippen LogP contribution in [0.15, 0.2) is 30.3 Å². The Kier molecular flexibility index (Phi) is 6.03. The molecule has 0 atom stereocenters. The summed E-state index contributed by atoms with van der Waals surface area (Å²) in [7, 11) is 0. The molecule has 0 spiro atoms. The van der Waals surface area contributed by atoms with Crippen LogP contribution in [0.25, 0.3) is 0 Å². The molecule has 3 rings (SSSR count). The molecule has 1 amide bonds. The summed E-state index contributed by atoms with van der Waals surface area (Å²) in [5, 5.41) is 3.80. The quantitative estimate of drug-likeness (QED) is 0.734. The fourth-order valence-corrected chi connectivity index (χ4v) is 4.81. The van der Waals surface area contributed by atoms with E-state index in [0.29, 0.717) is 6.54 Å². The summed E-state index contributed by atoms with van der Waals surface area (Å²) in [6, 6.07) is 10.0. The van der Waals surface area contributed by atoms with E-state index in [1.165, 1.54) is 28.8 Å². The van der Waals surface area contributed by atoms with E-state index in [1.54, 1.807) is 11.3 Å². The van der Waals surface area contributed by atoms with Gasteiger partial charge in [0.25, 0.3) is 5.91 Å². The Morgan fingerprint density at radius 1 is 1.22 bits per heavy atom. The molecule has 2 aromatic rings. The van der Waals surface area contributed by atoms with Gasteiger partial charge in [0.1, 0.15) is 0 Å². The zero-order chi connectivity index (χ0) is 16.1. The van der Waals surface area contributed by atoms with E-state index in [4.69, 9.17) is 11.6 Å². The van der Waals surface area contributed by atoms with E-state index in [1.807, 2.05) is 36.0 Å². The van der Waals surface area contributed by atoms with E-state index in [0.717, 1.165) is 34.2 Å². The van der Waals surface area contributed by atoms with Gasteiger partial charge < -0.3 is 5.32 Å². The first kappa shape index (κ1) is 16.9. The molecule has 2 nitrogen and oxygen atoms in total. The summed E-state index contributed by atoms with van der Waals surface area (Å²) < 4.78 is 0. The Labute approximate surface area is 150 Å². The van der Waals surface area contributed by atoms with Crippen molar-refractivity contribution in [3.8, 4) is 0 Å². The zero-order valence-corrected chi connectivity index (χ0v) is 15.3.